The molecule has 4 heteroatoms. The summed E-state index contributed by atoms with van der Waals surface area (Å²) in [6.07, 6.45) is 2.04. The van der Waals surface area contributed by atoms with E-state index in [4.69, 9.17) is 11.5 Å². The molecule has 1 aromatic carbocycles. The van der Waals surface area contributed by atoms with Crippen LogP contribution in [0.5, 0.6) is 0 Å². The highest BCUT2D eigenvalue weighted by molar-refractivity contribution is 5.69. The van der Waals surface area contributed by atoms with Crippen molar-refractivity contribution in [1.29, 1.82) is 0 Å². The van der Waals surface area contributed by atoms with E-state index in [1.165, 1.54) is 0 Å². The van der Waals surface area contributed by atoms with Gasteiger partial charge in [-0.25, -0.2) is 0 Å². The first-order valence-electron chi connectivity index (χ1n) is 5.24. The van der Waals surface area contributed by atoms with Gasteiger partial charge < -0.3 is 21.9 Å². The van der Waals surface area contributed by atoms with Gasteiger partial charge in [0.25, 0.3) is 0 Å². The third kappa shape index (κ3) is 2.53. The van der Waals surface area contributed by atoms with Crippen molar-refractivity contribution in [1.82, 2.24) is 0 Å². The van der Waals surface area contributed by atoms with Gasteiger partial charge in [-0.2, -0.15) is 0 Å². The summed E-state index contributed by atoms with van der Waals surface area (Å²) in [6, 6.07) is 5.42. The first-order valence-corrected chi connectivity index (χ1v) is 5.24. The minimum absolute atomic E-state index is 0.247. The summed E-state index contributed by atoms with van der Waals surface area (Å²) in [5.74, 6) is 0.489. The Balaban J connectivity index is 1.89. The maximum atomic E-state index is 9.66. The molecule has 4 nitrogen and oxygen atoms in total. The van der Waals surface area contributed by atoms with Crippen LogP contribution in [-0.2, 0) is 0 Å². The third-order valence-corrected chi connectivity index (χ3v) is 2.77. The fourth-order valence-electron chi connectivity index (χ4n) is 1.55. The molecule has 0 aliphatic heterocycles. The Morgan fingerprint density at radius 3 is 2.67 bits per heavy atom. The van der Waals surface area contributed by atoms with E-state index in [2.05, 4.69) is 5.32 Å². The van der Waals surface area contributed by atoms with Crippen molar-refractivity contribution in [2.45, 2.75) is 18.9 Å². The summed E-state index contributed by atoms with van der Waals surface area (Å²) in [5, 5.41) is 12.8. The van der Waals surface area contributed by atoms with Gasteiger partial charge in [0.2, 0.25) is 0 Å². The van der Waals surface area contributed by atoms with Gasteiger partial charge in [-0.15, -0.1) is 0 Å². The summed E-state index contributed by atoms with van der Waals surface area (Å²) in [5.41, 5.74) is 13.3. The molecule has 15 heavy (non-hydrogen) atoms. The van der Waals surface area contributed by atoms with Crippen LogP contribution in [0.25, 0.3) is 0 Å². The molecule has 1 aliphatic rings. The minimum atomic E-state index is -0.247. The van der Waals surface area contributed by atoms with Gasteiger partial charge in [-0.3, -0.25) is 0 Å². The highest BCUT2D eigenvalue weighted by Gasteiger charge is 2.29. The normalized spacial score (nSPS) is 17.4. The molecule has 0 radical (unpaired) electrons. The number of aliphatic hydroxyl groups excluding tert-OH is 1. The Kier molecular flexibility index (Phi) is 2.68. The molecule has 82 valence electrons. The SMILES string of the molecule is Nc1ccc(NCC(O)C2CC2)cc1N. The number of benzene rings is 1. The minimum Gasteiger partial charge on any atom is -0.397 e. The average molecular weight is 207 g/mol. The monoisotopic (exact) mass is 207 g/mol. The van der Waals surface area contributed by atoms with Crippen molar-refractivity contribution in [2.75, 3.05) is 23.3 Å². The summed E-state index contributed by atoms with van der Waals surface area (Å²) in [7, 11) is 0. The van der Waals surface area contributed by atoms with E-state index in [9.17, 15) is 5.11 Å². The van der Waals surface area contributed by atoms with Crippen molar-refractivity contribution in [2.24, 2.45) is 5.92 Å². The third-order valence-electron chi connectivity index (χ3n) is 2.77. The molecule has 6 N–H and O–H groups in total. The molecular formula is C11H17N3O. The smallest absolute Gasteiger partial charge is 0.0740 e. The number of hydrogen-bond acceptors (Lipinski definition) is 4. The second-order valence-corrected chi connectivity index (χ2v) is 4.13. The second kappa shape index (κ2) is 3.98. The van der Waals surface area contributed by atoms with Gasteiger partial charge in [-0.1, -0.05) is 0 Å². The number of nitrogen functional groups attached to an aromatic ring is 2. The van der Waals surface area contributed by atoms with E-state index in [1.54, 1.807) is 12.1 Å². The summed E-state index contributed by atoms with van der Waals surface area (Å²) < 4.78 is 0. The lowest BCUT2D eigenvalue weighted by atomic mass is 10.2. The number of anilines is 3. The van der Waals surface area contributed by atoms with E-state index in [0.717, 1.165) is 18.5 Å². The Morgan fingerprint density at radius 1 is 1.33 bits per heavy atom. The van der Waals surface area contributed by atoms with Crippen molar-refractivity contribution in [3.63, 3.8) is 0 Å². The van der Waals surface area contributed by atoms with Crippen molar-refractivity contribution in [3.05, 3.63) is 18.2 Å². The Morgan fingerprint density at radius 2 is 2.07 bits per heavy atom. The van der Waals surface area contributed by atoms with Crippen LogP contribution in [0.3, 0.4) is 0 Å². The van der Waals surface area contributed by atoms with Crippen LogP contribution in [0, 0.1) is 5.92 Å². The number of aliphatic hydroxyl groups is 1. The van der Waals surface area contributed by atoms with Crippen LogP contribution in [0.2, 0.25) is 0 Å². The lowest BCUT2D eigenvalue weighted by molar-refractivity contribution is 0.164. The number of hydrogen-bond donors (Lipinski definition) is 4. The molecule has 1 unspecified atom stereocenters. The predicted octanol–water partition coefficient (Wildman–Crippen LogP) is 1.03. The molecule has 2 rings (SSSR count). The molecule has 1 saturated carbocycles. The fourth-order valence-corrected chi connectivity index (χ4v) is 1.55. The lowest BCUT2D eigenvalue weighted by Crippen LogP contribution is -2.21. The van der Waals surface area contributed by atoms with E-state index in [0.29, 0.717) is 23.8 Å². The summed E-state index contributed by atoms with van der Waals surface area (Å²) in [6.45, 7) is 0.577. The van der Waals surface area contributed by atoms with Crippen molar-refractivity contribution >= 4 is 17.1 Å². The molecule has 1 aromatic rings. The number of nitrogens with two attached hydrogens (primary N) is 2. The Labute approximate surface area is 89.3 Å². The first-order chi connectivity index (χ1) is 7.16. The van der Waals surface area contributed by atoms with Crippen LogP contribution < -0.4 is 16.8 Å². The lowest BCUT2D eigenvalue weighted by Gasteiger charge is -2.12. The van der Waals surface area contributed by atoms with E-state index in [1.807, 2.05) is 6.07 Å². The van der Waals surface area contributed by atoms with Crippen LogP contribution in [0.15, 0.2) is 18.2 Å². The van der Waals surface area contributed by atoms with Crippen LogP contribution >= 0.6 is 0 Å². The quantitative estimate of drug-likeness (QED) is 0.556. The summed E-state index contributed by atoms with van der Waals surface area (Å²) in [4.78, 5) is 0. The predicted molar refractivity (Wildman–Crippen MR) is 62.5 cm³/mol. The van der Waals surface area contributed by atoms with Gasteiger partial charge in [0, 0.05) is 12.2 Å². The van der Waals surface area contributed by atoms with Crippen LogP contribution in [-0.4, -0.2) is 17.8 Å². The van der Waals surface area contributed by atoms with Crippen LogP contribution in [0.4, 0.5) is 17.1 Å². The molecule has 1 fully saturated rings. The van der Waals surface area contributed by atoms with E-state index >= 15 is 0 Å². The molecule has 0 amide bonds. The first kappa shape index (κ1) is 10.1. The Hall–Kier alpha value is -1.42. The summed E-state index contributed by atoms with van der Waals surface area (Å²) >= 11 is 0. The van der Waals surface area contributed by atoms with Crippen molar-refractivity contribution in [3.8, 4) is 0 Å². The zero-order valence-electron chi connectivity index (χ0n) is 8.61. The Bertz CT molecular complexity index is 350. The van der Waals surface area contributed by atoms with Gasteiger partial charge in [-0.05, 0) is 37.0 Å². The average Bonchev–Trinajstić information content (AvgIpc) is 3.03. The second-order valence-electron chi connectivity index (χ2n) is 4.13. The maximum absolute atomic E-state index is 9.66. The molecule has 1 aliphatic carbocycles. The zero-order chi connectivity index (χ0) is 10.8. The largest absolute Gasteiger partial charge is 0.397 e. The molecule has 1 atom stereocenters. The highest BCUT2D eigenvalue weighted by atomic mass is 16.3. The molecule has 0 saturated heterocycles. The highest BCUT2D eigenvalue weighted by Crippen LogP contribution is 2.32. The molecule has 0 aromatic heterocycles. The fraction of sp³-hybridized carbons (Fsp3) is 0.455. The molecule has 0 bridgehead atoms. The van der Waals surface area contributed by atoms with E-state index < -0.39 is 0 Å². The van der Waals surface area contributed by atoms with Gasteiger partial charge in [0.05, 0.1) is 17.5 Å². The van der Waals surface area contributed by atoms with Crippen molar-refractivity contribution < 1.29 is 5.11 Å². The maximum Gasteiger partial charge on any atom is 0.0740 e. The molecular weight excluding hydrogens is 190 g/mol. The number of nitrogens with one attached hydrogen (secondary N) is 1. The van der Waals surface area contributed by atoms with Gasteiger partial charge in [0.1, 0.15) is 0 Å². The van der Waals surface area contributed by atoms with E-state index in [-0.39, 0.29) is 6.10 Å². The molecule has 0 spiro atoms. The molecule has 0 heterocycles. The van der Waals surface area contributed by atoms with Gasteiger partial charge in [0.15, 0.2) is 0 Å². The number of rotatable bonds is 4. The standard InChI is InChI=1S/C11H17N3O/c12-9-4-3-8(5-10(9)13)14-6-11(15)7-1-2-7/h3-5,7,11,14-15H,1-2,6,12-13H2. The van der Waals surface area contributed by atoms with Gasteiger partial charge >= 0.3 is 0 Å². The van der Waals surface area contributed by atoms with Crippen LogP contribution in [0.1, 0.15) is 12.8 Å². The zero-order valence-corrected chi connectivity index (χ0v) is 8.61. The topological polar surface area (TPSA) is 84.3 Å².